The first-order valence-corrected chi connectivity index (χ1v) is 5.58. The fourth-order valence-corrected chi connectivity index (χ4v) is 2.16. The van der Waals surface area contributed by atoms with E-state index in [0.717, 1.165) is 19.6 Å². The molecule has 2 atom stereocenters. The quantitative estimate of drug-likeness (QED) is 0.749. The molecule has 0 aliphatic carbocycles. The molecule has 0 aromatic rings. The fourth-order valence-electron chi connectivity index (χ4n) is 2.16. The summed E-state index contributed by atoms with van der Waals surface area (Å²) in [5.41, 5.74) is 0. The Morgan fingerprint density at radius 3 is 2.67 bits per heavy atom. The molecule has 4 nitrogen and oxygen atoms in total. The van der Waals surface area contributed by atoms with Gasteiger partial charge in [0.2, 0.25) is 0 Å². The van der Waals surface area contributed by atoms with Crippen molar-refractivity contribution in [2.24, 2.45) is 5.92 Å². The Hall–Kier alpha value is -0.610. The van der Waals surface area contributed by atoms with E-state index in [-0.39, 0.29) is 18.7 Å². The van der Waals surface area contributed by atoms with Gasteiger partial charge in [0, 0.05) is 19.2 Å². The minimum absolute atomic E-state index is 0.122. The second kappa shape index (κ2) is 5.47. The van der Waals surface area contributed by atoms with Gasteiger partial charge in [0.05, 0.1) is 12.6 Å². The average Bonchev–Trinajstić information content (AvgIpc) is 2.48. The molecular weight excluding hydrogens is 194 g/mol. The molecule has 1 fully saturated rings. The number of nitrogens with zero attached hydrogens (tertiary/aromatic N) is 1. The van der Waals surface area contributed by atoms with Crippen molar-refractivity contribution in [3.63, 3.8) is 0 Å². The maximum absolute atomic E-state index is 10.8. The fraction of sp³-hybridized carbons (Fsp3) is 0.909. The number of carboxylic acid groups (broad SMARTS) is 1. The number of hydrogen-bond acceptors (Lipinski definition) is 3. The van der Waals surface area contributed by atoms with Crippen LogP contribution in [0.15, 0.2) is 0 Å². The van der Waals surface area contributed by atoms with E-state index in [0.29, 0.717) is 5.92 Å². The minimum atomic E-state index is -0.755. The molecule has 0 bridgehead atoms. The number of carboxylic acids is 1. The summed E-state index contributed by atoms with van der Waals surface area (Å²) in [5, 5.41) is 8.86. The largest absolute Gasteiger partial charge is 0.480 e. The molecule has 1 rings (SSSR count). The topological polar surface area (TPSA) is 49.8 Å². The molecule has 0 spiro atoms. The van der Waals surface area contributed by atoms with E-state index in [4.69, 9.17) is 9.84 Å². The van der Waals surface area contributed by atoms with Crippen molar-refractivity contribution in [1.29, 1.82) is 0 Å². The van der Waals surface area contributed by atoms with Gasteiger partial charge in [-0.25, -0.2) is 0 Å². The minimum Gasteiger partial charge on any atom is -0.480 e. The van der Waals surface area contributed by atoms with Gasteiger partial charge in [-0.05, 0) is 19.3 Å². The van der Waals surface area contributed by atoms with Crippen molar-refractivity contribution >= 4 is 5.97 Å². The van der Waals surface area contributed by atoms with E-state index in [9.17, 15) is 4.79 Å². The molecule has 1 heterocycles. The summed E-state index contributed by atoms with van der Waals surface area (Å²) in [6.45, 7) is 7.93. The first-order valence-electron chi connectivity index (χ1n) is 5.58. The van der Waals surface area contributed by atoms with E-state index in [1.54, 1.807) is 0 Å². The summed E-state index contributed by atoms with van der Waals surface area (Å²) < 4.78 is 5.47. The van der Waals surface area contributed by atoms with Crippen LogP contribution in [0.4, 0.5) is 0 Å². The molecule has 15 heavy (non-hydrogen) atoms. The van der Waals surface area contributed by atoms with Gasteiger partial charge < -0.3 is 9.84 Å². The maximum Gasteiger partial charge on any atom is 0.317 e. The van der Waals surface area contributed by atoms with Gasteiger partial charge in [-0.1, -0.05) is 13.8 Å². The van der Waals surface area contributed by atoms with Gasteiger partial charge in [0.15, 0.2) is 0 Å². The van der Waals surface area contributed by atoms with Crippen LogP contribution in [0.2, 0.25) is 0 Å². The maximum atomic E-state index is 10.8. The van der Waals surface area contributed by atoms with Crippen LogP contribution in [-0.2, 0) is 9.53 Å². The van der Waals surface area contributed by atoms with E-state index < -0.39 is 5.97 Å². The first kappa shape index (κ1) is 12.5. The van der Waals surface area contributed by atoms with Gasteiger partial charge in [-0.3, -0.25) is 9.69 Å². The second-order valence-electron chi connectivity index (χ2n) is 4.65. The summed E-state index contributed by atoms with van der Waals surface area (Å²) in [7, 11) is 0. The smallest absolute Gasteiger partial charge is 0.317 e. The molecule has 1 aliphatic heterocycles. The summed E-state index contributed by atoms with van der Waals surface area (Å²) in [4.78, 5) is 12.8. The highest BCUT2D eigenvalue weighted by atomic mass is 16.5. The standard InChI is InChI=1S/C11H21NO3/c1-8(2)6-12(7-11(13)14)10-4-5-15-9(10)3/h8-10H,4-7H2,1-3H3,(H,13,14). The number of rotatable bonds is 5. The highest BCUT2D eigenvalue weighted by Crippen LogP contribution is 2.20. The zero-order valence-corrected chi connectivity index (χ0v) is 9.77. The number of aliphatic carboxylic acids is 1. The van der Waals surface area contributed by atoms with Gasteiger partial charge in [-0.2, -0.15) is 0 Å². The third-order valence-electron chi connectivity index (χ3n) is 2.74. The predicted octanol–water partition coefficient (Wildman–Crippen LogP) is 1.21. The van der Waals surface area contributed by atoms with Crippen molar-refractivity contribution in [3.8, 4) is 0 Å². The highest BCUT2D eigenvalue weighted by Gasteiger charge is 2.31. The van der Waals surface area contributed by atoms with Gasteiger partial charge in [0.1, 0.15) is 0 Å². The third kappa shape index (κ3) is 3.80. The molecule has 4 heteroatoms. The lowest BCUT2D eigenvalue weighted by Gasteiger charge is -2.30. The molecule has 88 valence electrons. The Kier molecular flexibility index (Phi) is 4.54. The molecule has 0 radical (unpaired) electrons. The SMILES string of the molecule is CC(C)CN(CC(=O)O)C1CCOC1C. The van der Waals surface area contributed by atoms with Crippen LogP contribution >= 0.6 is 0 Å². The van der Waals surface area contributed by atoms with Crippen LogP contribution in [0.5, 0.6) is 0 Å². The van der Waals surface area contributed by atoms with Crippen LogP contribution < -0.4 is 0 Å². The summed E-state index contributed by atoms with van der Waals surface area (Å²) >= 11 is 0. The Bertz CT molecular complexity index is 218. The molecule has 0 aromatic carbocycles. The Balaban J connectivity index is 2.57. The van der Waals surface area contributed by atoms with Crippen LogP contribution in [0, 0.1) is 5.92 Å². The predicted molar refractivity (Wildman–Crippen MR) is 57.9 cm³/mol. The lowest BCUT2D eigenvalue weighted by Crippen LogP contribution is -2.44. The van der Waals surface area contributed by atoms with E-state index in [1.165, 1.54) is 0 Å². The van der Waals surface area contributed by atoms with E-state index >= 15 is 0 Å². The van der Waals surface area contributed by atoms with Gasteiger partial charge in [0.25, 0.3) is 0 Å². The monoisotopic (exact) mass is 215 g/mol. The normalized spacial score (nSPS) is 26.5. The van der Waals surface area contributed by atoms with Crippen LogP contribution in [0.25, 0.3) is 0 Å². The van der Waals surface area contributed by atoms with E-state index in [2.05, 4.69) is 13.8 Å². The van der Waals surface area contributed by atoms with Crippen LogP contribution in [0.3, 0.4) is 0 Å². The Labute approximate surface area is 91.2 Å². The van der Waals surface area contributed by atoms with Crippen LogP contribution in [0.1, 0.15) is 27.2 Å². The Morgan fingerprint density at radius 1 is 1.60 bits per heavy atom. The number of ether oxygens (including phenoxy) is 1. The van der Waals surface area contributed by atoms with E-state index in [1.807, 2.05) is 11.8 Å². The van der Waals surface area contributed by atoms with Crippen molar-refractivity contribution in [1.82, 2.24) is 4.90 Å². The van der Waals surface area contributed by atoms with Gasteiger partial charge in [-0.15, -0.1) is 0 Å². The average molecular weight is 215 g/mol. The van der Waals surface area contributed by atoms with Gasteiger partial charge >= 0.3 is 5.97 Å². The summed E-state index contributed by atoms with van der Waals surface area (Å²) in [6.07, 6.45) is 1.10. The molecule has 0 aromatic heterocycles. The first-order chi connectivity index (χ1) is 7.00. The van der Waals surface area contributed by atoms with Crippen molar-refractivity contribution < 1.29 is 14.6 Å². The molecule has 0 amide bonds. The van der Waals surface area contributed by atoms with Crippen LogP contribution in [-0.4, -0.2) is 47.8 Å². The lowest BCUT2D eigenvalue weighted by molar-refractivity contribution is -0.139. The number of carbonyl (C=O) groups is 1. The summed E-state index contributed by atoms with van der Waals surface area (Å²) in [5.74, 6) is -0.271. The zero-order chi connectivity index (χ0) is 11.4. The molecular formula is C11H21NO3. The molecule has 1 N–H and O–H groups in total. The van der Waals surface area contributed by atoms with Crippen molar-refractivity contribution in [2.75, 3.05) is 19.7 Å². The third-order valence-corrected chi connectivity index (χ3v) is 2.74. The molecule has 2 unspecified atom stereocenters. The summed E-state index contributed by atoms with van der Waals surface area (Å²) in [6, 6.07) is 0.267. The number of hydrogen-bond donors (Lipinski definition) is 1. The van der Waals surface area contributed by atoms with Crippen molar-refractivity contribution in [3.05, 3.63) is 0 Å². The highest BCUT2D eigenvalue weighted by molar-refractivity contribution is 5.69. The molecule has 1 aliphatic rings. The lowest BCUT2D eigenvalue weighted by atomic mass is 10.1. The zero-order valence-electron chi connectivity index (χ0n) is 9.77. The molecule has 0 saturated carbocycles. The van der Waals surface area contributed by atoms with Crippen molar-refractivity contribution in [2.45, 2.75) is 39.3 Å². The molecule has 1 saturated heterocycles. The Morgan fingerprint density at radius 2 is 2.27 bits per heavy atom. The second-order valence-corrected chi connectivity index (χ2v) is 4.65.